The zero-order valence-electron chi connectivity index (χ0n) is 9.66. The first-order valence-corrected chi connectivity index (χ1v) is 5.12. The minimum absolute atomic E-state index is 0.0698. The topological polar surface area (TPSA) is 47.6 Å². The molecular formula is C12H15NO3. The molecule has 1 aromatic rings. The Bertz CT molecular complexity index is 420. The van der Waals surface area contributed by atoms with Gasteiger partial charge in [0, 0.05) is 11.6 Å². The first kappa shape index (κ1) is 10.8. The molecule has 1 heterocycles. The molecular weight excluding hydrogens is 206 g/mol. The Morgan fingerprint density at radius 2 is 2.00 bits per heavy atom. The molecule has 86 valence electrons. The van der Waals surface area contributed by atoms with Crippen molar-refractivity contribution in [3.05, 3.63) is 23.8 Å². The summed E-state index contributed by atoms with van der Waals surface area (Å²) in [6, 6.07) is 5.62. The summed E-state index contributed by atoms with van der Waals surface area (Å²) < 4.78 is 10.4. The fourth-order valence-corrected chi connectivity index (χ4v) is 2.03. The summed E-state index contributed by atoms with van der Waals surface area (Å²) in [6.45, 7) is 1.98. The number of hydrogen-bond donors (Lipinski definition) is 1. The van der Waals surface area contributed by atoms with Gasteiger partial charge >= 0.3 is 0 Å². The maximum absolute atomic E-state index is 11.0. The van der Waals surface area contributed by atoms with Crippen molar-refractivity contribution >= 4 is 5.91 Å². The number of amides is 1. The van der Waals surface area contributed by atoms with Gasteiger partial charge in [0.15, 0.2) is 0 Å². The molecule has 1 amide bonds. The summed E-state index contributed by atoms with van der Waals surface area (Å²) in [5, 5.41) is 2.89. The Hall–Kier alpha value is -1.71. The molecule has 1 unspecified atom stereocenters. The predicted molar refractivity (Wildman–Crippen MR) is 59.7 cm³/mol. The second-order valence-corrected chi connectivity index (χ2v) is 4.12. The van der Waals surface area contributed by atoms with Crippen LogP contribution in [0.2, 0.25) is 0 Å². The molecule has 4 nitrogen and oxygen atoms in total. The average Bonchev–Trinajstić information content (AvgIpc) is 2.26. The van der Waals surface area contributed by atoms with Gasteiger partial charge in [-0.15, -0.1) is 0 Å². The second-order valence-electron chi connectivity index (χ2n) is 4.12. The van der Waals surface area contributed by atoms with Gasteiger partial charge in [-0.2, -0.15) is 0 Å². The van der Waals surface area contributed by atoms with E-state index in [1.165, 1.54) is 0 Å². The lowest BCUT2D eigenvalue weighted by atomic mass is 9.81. The van der Waals surface area contributed by atoms with Gasteiger partial charge in [-0.3, -0.25) is 4.79 Å². The van der Waals surface area contributed by atoms with Crippen LogP contribution in [0.5, 0.6) is 11.5 Å². The highest BCUT2D eigenvalue weighted by Gasteiger charge is 2.41. The van der Waals surface area contributed by atoms with Gasteiger partial charge in [0.1, 0.15) is 11.5 Å². The van der Waals surface area contributed by atoms with Gasteiger partial charge in [0.2, 0.25) is 5.91 Å². The van der Waals surface area contributed by atoms with Crippen LogP contribution in [-0.4, -0.2) is 20.1 Å². The van der Waals surface area contributed by atoms with Gasteiger partial charge in [-0.25, -0.2) is 0 Å². The summed E-state index contributed by atoms with van der Waals surface area (Å²) in [5.41, 5.74) is 0.671. The number of ether oxygens (including phenoxy) is 2. The molecule has 1 aromatic carbocycles. The van der Waals surface area contributed by atoms with Crippen LogP contribution >= 0.6 is 0 Å². The number of benzene rings is 1. The van der Waals surface area contributed by atoms with Crippen molar-refractivity contribution in [3.8, 4) is 11.5 Å². The van der Waals surface area contributed by atoms with Crippen LogP contribution in [0.25, 0.3) is 0 Å². The Balaban J connectivity index is 2.37. The Kier molecular flexibility index (Phi) is 2.50. The molecule has 0 aromatic heterocycles. The average molecular weight is 221 g/mol. The van der Waals surface area contributed by atoms with E-state index in [1.807, 2.05) is 25.1 Å². The van der Waals surface area contributed by atoms with Crippen molar-refractivity contribution in [2.24, 2.45) is 0 Å². The third-order valence-corrected chi connectivity index (χ3v) is 2.93. The van der Waals surface area contributed by atoms with E-state index in [-0.39, 0.29) is 11.4 Å². The molecule has 1 aliphatic rings. The SMILES string of the molecule is COc1ccc(C2(C)CC(=O)N2)c(OC)c1. The lowest BCUT2D eigenvalue weighted by Gasteiger charge is -2.40. The maximum Gasteiger partial charge on any atom is 0.223 e. The van der Waals surface area contributed by atoms with E-state index >= 15 is 0 Å². The minimum atomic E-state index is -0.311. The third-order valence-electron chi connectivity index (χ3n) is 2.93. The van der Waals surface area contributed by atoms with Crippen LogP contribution in [-0.2, 0) is 10.3 Å². The van der Waals surface area contributed by atoms with E-state index in [4.69, 9.17) is 9.47 Å². The fourth-order valence-electron chi connectivity index (χ4n) is 2.03. The third kappa shape index (κ3) is 1.60. The second kappa shape index (κ2) is 3.70. The number of hydrogen-bond acceptors (Lipinski definition) is 3. The van der Waals surface area contributed by atoms with Crippen molar-refractivity contribution < 1.29 is 14.3 Å². The van der Waals surface area contributed by atoms with Crippen molar-refractivity contribution in [2.45, 2.75) is 18.9 Å². The van der Waals surface area contributed by atoms with Gasteiger partial charge < -0.3 is 14.8 Å². The zero-order chi connectivity index (χ0) is 11.8. The number of methoxy groups -OCH3 is 2. The van der Waals surface area contributed by atoms with E-state index in [0.717, 1.165) is 17.1 Å². The van der Waals surface area contributed by atoms with Crippen LogP contribution in [0.15, 0.2) is 18.2 Å². The Labute approximate surface area is 94.6 Å². The number of carbonyl (C=O) groups excluding carboxylic acids is 1. The first-order valence-electron chi connectivity index (χ1n) is 5.12. The van der Waals surface area contributed by atoms with Crippen molar-refractivity contribution in [1.82, 2.24) is 5.32 Å². The van der Waals surface area contributed by atoms with Crippen molar-refractivity contribution in [1.29, 1.82) is 0 Å². The molecule has 1 N–H and O–H groups in total. The molecule has 1 aliphatic heterocycles. The molecule has 0 radical (unpaired) electrons. The highest BCUT2D eigenvalue weighted by atomic mass is 16.5. The molecule has 4 heteroatoms. The summed E-state index contributed by atoms with van der Waals surface area (Å²) in [6.07, 6.45) is 0.496. The lowest BCUT2D eigenvalue weighted by Crippen LogP contribution is -2.56. The van der Waals surface area contributed by atoms with Crippen LogP contribution in [0, 0.1) is 0 Å². The highest BCUT2D eigenvalue weighted by Crippen LogP contribution is 2.38. The van der Waals surface area contributed by atoms with Crippen LogP contribution in [0.1, 0.15) is 18.9 Å². The Morgan fingerprint density at radius 3 is 2.50 bits per heavy atom. The Morgan fingerprint density at radius 1 is 1.31 bits per heavy atom. The van der Waals surface area contributed by atoms with Gasteiger partial charge in [-0.05, 0) is 19.1 Å². The van der Waals surface area contributed by atoms with Crippen LogP contribution < -0.4 is 14.8 Å². The molecule has 2 rings (SSSR count). The standard InChI is InChI=1S/C12H15NO3/c1-12(7-11(14)13-12)9-5-4-8(15-2)6-10(9)16-3/h4-6H,7H2,1-3H3,(H,13,14). The quantitative estimate of drug-likeness (QED) is 0.786. The molecule has 16 heavy (non-hydrogen) atoms. The molecule has 0 bridgehead atoms. The first-order chi connectivity index (χ1) is 7.59. The maximum atomic E-state index is 11.0. The summed E-state index contributed by atoms with van der Waals surface area (Å²) in [7, 11) is 3.23. The van der Waals surface area contributed by atoms with E-state index in [9.17, 15) is 4.79 Å². The molecule has 0 saturated carbocycles. The number of nitrogens with one attached hydrogen (secondary N) is 1. The van der Waals surface area contributed by atoms with Gasteiger partial charge in [0.25, 0.3) is 0 Å². The van der Waals surface area contributed by atoms with Gasteiger partial charge in [0.05, 0.1) is 26.2 Å². The highest BCUT2D eigenvalue weighted by molar-refractivity contribution is 5.85. The van der Waals surface area contributed by atoms with Gasteiger partial charge in [-0.1, -0.05) is 0 Å². The summed E-state index contributed by atoms with van der Waals surface area (Å²) >= 11 is 0. The summed E-state index contributed by atoms with van der Waals surface area (Å²) in [4.78, 5) is 11.0. The smallest absolute Gasteiger partial charge is 0.223 e. The number of carbonyl (C=O) groups is 1. The van der Waals surface area contributed by atoms with E-state index in [2.05, 4.69) is 5.32 Å². The van der Waals surface area contributed by atoms with Crippen molar-refractivity contribution in [2.75, 3.05) is 14.2 Å². The number of rotatable bonds is 3. The van der Waals surface area contributed by atoms with E-state index in [1.54, 1.807) is 14.2 Å². The lowest BCUT2D eigenvalue weighted by molar-refractivity contribution is -0.132. The largest absolute Gasteiger partial charge is 0.497 e. The molecule has 0 spiro atoms. The van der Waals surface area contributed by atoms with Crippen LogP contribution in [0.4, 0.5) is 0 Å². The van der Waals surface area contributed by atoms with E-state index in [0.29, 0.717) is 6.42 Å². The summed E-state index contributed by atoms with van der Waals surface area (Å²) in [5.74, 6) is 1.55. The van der Waals surface area contributed by atoms with Crippen LogP contribution in [0.3, 0.4) is 0 Å². The molecule has 1 fully saturated rings. The fraction of sp³-hybridized carbons (Fsp3) is 0.417. The molecule has 0 aliphatic carbocycles. The minimum Gasteiger partial charge on any atom is -0.497 e. The predicted octanol–water partition coefficient (Wildman–Crippen LogP) is 1.44. The number of β-lactam (4-membered cyclic amide) rings is 1. The molecule has 1 atom stereocenters. The normalized spacial score (nSPS) is 23.3. The van der Waals surface area contributed by atoms with E-state index < -0.39 is 0 Å². The zero-order valence-corrected chi connectivity index (χ0v) is 9.66. The van der Waals surface area contributed by atoms with Crippen molar-refractivity contribution in [3.63, 3.8) is 0 Å². The monoisotopic (exact) mass is 221 g/mol. The molecule has 1 saturated heterocycles.